The number of hydrogen-bond acceptors (Lipinski definition) is 2. The van der Waals surface area contributed by atoms with Crippen molar-refractivity contribution >= 4 is 23.4 Å². The van der Waals surface area contributed by atoms with E-state index in [0.29, 0.717) is 18.8 Å². The number of rotatable bonds is 8. The molecule has 0 bridgehead atoms. The van der Waals surface area contributed by atoms with Gasteiger partial charge in [-0.3, -0.25) is 9.59 Å². The van der Waals surface area contributed by atoms with Crippen LogP contribution in [0, 0.1) is 0 Å². The number of carbonyl (C=O) groups is 2. The minimum atomic E-state index is -0.0378. The van der Waals surface area contributed by atoms with Crippen molar-refractivity contribution in [2.24, 2.45) is 0 Å². The molecule has 17 heavy (non-hydrogen) atoms. The molecule has 0 aliphatic heterocycles. The first-order valence-electron chi connectivity index (χ1n) is 6.06. The van der Waals surface area contributed by atoms with Crippen LogP contribution in [0.25, 0.3) is 0 Å². The molecule has 0 radical (unpaired) electrons. The van der Waals surface area contributed by atoms with E-state index in [9.17, 15) is 9.59 Å². The average molecular weight is 263 g/mol. The van der Waals surface area contributed by atoms with E-state index in [-0.39, 0.29) is 18.4 Å². The Morgan fingerprint density at radius 1 is 1.12 bits per heavy atom. The van der Waals surface area contributed by atoms with E-state index in [0.717, 1.165) is 19.3 Å². The van der Waals surface area contributed by atoms with Crippen LogP contribution in [0.3, 0.4) is 0 Å². The zero-order chi connectivity index (χ0) is 13.3. The number of alkyl halides is 1. The molecule has 0 unspecified atom stereocenters. The summed E-state index contributed by atoms with van der Waals surface area (Å²) in [6.45, 7) is 2.82. The Kier molecular flexibility index (Phi) is 8.86. The third-order valence-electron chi connectivity index (χ3n) is 2.45. The van der Waals surface area contributed by atoms with Gasteiger partial charge in [-0.15, -0.1) is 11.6 Å². The summed E-state index contributed by atoms with van der Waals surface area (Å²) in [4.78, 5) is 26.6. The lowest BCUT2D eigenvalue weighted by molar-refractivity contribution is -0.139. The number of halogens is 1. The molecule has 100 valence electrons. The van der Waals surface area contributed by atoms with Gasteiger partial charge in [-0.05, 0) is 19.3 Å². The number of hydrogen-bond donors (Lipinski definition) is 0. The van der Waals surface area contributed by atoms with Crippen molar-refractivity contribution in [1.29, 1.82) is 0 Å². The topological polar surface area (TPSA) is 40.6 Å². The first kappa shape index (κ1) is 16.2. The van der Waals surface area contributed by atoms with Gasteiger partial charge < -0.3 is 9.80 Å². The average Bonchev–Trinajstić information content (AvgIpc) is 2.28. The predicted molar refractivity (Wildman–Crippen MR) is 70.1 cm³/mol. The normalized spacial score (nSPS) is 10.1. The van der Waals surface area contributed by atoms with Crippen LogP contribution in [-0.2, 0) is 9.59 Å². The van der Waals surface area contributed by atoms with Crippen LogP contribution in [0.15, 0.2) is 0 Å². The summed E-state index contributed by atoms with van der Waals surface area (Å²) in [6.07, 6.45) is 2.98. The molecule has 0 aromatic carbocycles. The van der Waals surface area contributed by atoms with Crippen LogP contribution in [0.1, 0.15) is 32.6 Å². The molecule has 0 aliphatic carbocycles. The minimum Gasteiger partial charge on any atom is -0.347 e. The Bertz CT molecular complexity index is 245. The number of carbonyl (C=O) groups excluding carboxylic acids is 2. The van der Waals surface area contributed by atoms with Gasteiger partial charge in [-0.1, -0.05) is 6.92 Å². The van der Waals surface area contributed by atoms with Crippen molar-refractivity contribution in [3.8, 4) is 0 Å². The van der Waals surface area contributed by atoms with Gasteiger partial charge in [0.15, 0.2) is 0 Å². The smallest absolute Gasteiger partial charge is 0.241 e. The van der Waals surface area contributed by atoms with Crippen molar-refractivity contribution in [3.63, 3.8) is 0 Å². The van der Waals surface area contributed by atoms with E-state index in [1.54, 1.807) is 19.0 Å². The summed E-state index contributed by atoms with van der Waals surface area (Å²) in [5.41, 5.74) is 0. The van der Waals surface area contributed by atoms with Crippen molar-refractivity contribution < 1.29 is 9.59 Å². The fourth-order valence-corrected chi connectivity index (χ4v) is 1.58. The van der Waals surface area contributed by atoms with E-state index in [1.807, 2.05) is 6.92 Å². The van der Waals surface area contributed by atoms with Gasteiger partial charge >= 0.3 is 0 Å². The van der Waals surface area contributed by atoms with E-state index >= 15 is 0 Å². The van der Waals surface area contributed by atoms with Crippen molar-refractivity contribution in [3.05, 3.63) is 0 Å². The van der Waals surface area contributed by atoms with Gasteiger partial charge in [0.05, 0.1) is 6.54 Å². The van der Waals surface area contributed by atoms with Gasteiger partial charge in [0, 0.05) is 32.9 Å². The maximum atomic E-state index is 11.9. The molecule has 0 N–H and O–H groups in total. The monoisotopic (exact) mass is 262 g/mol. The van der Waals surface area contributed by atoms with E-state index < -0.39 is 0 Å². The van der Waals surface area contributed by atoms with Crippen LogP contribution in [0.2, 0.25) is 0 Å². The van der Waals surface area contributed by atoms with Crippen LogP contribution in [0.4, 0.5) is 0 Å². The lowest BCUT2D eigenvalue weighted by Gasteiger charge is -2.23. The third-order valence-corrected chi connectivity index (χ3v) is 2.71. The Hall–Kier alpha value is -0.770. The van der Waals surface area contributed by atoms with Crippen molar-refractivity contribution in [2.45, 2.75) is 32.6 Å². The minimum absolute atomic E-state index is 0.0378. The molecular weight excluding hydrogens is 240 g/mol. The molecule has 0 atom stereocenters. The highest BCUT2D eigenvalue weighted by molar-refractivity contribution is 6.17. The van der Waals surface area contributed by atoms with Gasteiger partial charge in [0.25, 0.3) is 0 Å². The first-order valence-corrected chi connectivity index (χ1v) is 6.60. The SMILES string of the molecule is CCCN(CC(=O)N(C)C)C(=O)CCCCCl. The van der Waals surface area contributed by atoms with Crippen LogP contribution >= 0.6 is 11.6 Å². The third kappa shape index (κ3) is 7.21. The second-order valence-electron chi connectivity index (χ2n) is 4.25. The van der Waals surface area contributed by atoms with Gasteiger partial charge in [0.2, 0.25) is 11.8 Å². The summed E-state index contributed by atoms with van der Waals surface area (Å²) in [7, 11) is 3.40. The number of unbranched alkanes of at least 4 members (excludes halogenated alkanes) is 1. The Labute approximate surface area is 109 Å². The standard InChI is InChI=1S/C12H23ClN2O2/c1-4-9-15(10-12(17)14(2)3)11(16)7-5-6-8-13/h4-10H2,1-3H3. The Morgan fingerprint density at radius 3 is 2.24 bits per heavy atom. The number of amides is 2. The molecule has 0 spiro atoms. The summed E-state index contributed by atoms with van der Waals surface area (Å²) in [6, 6.07) is 0. The molecule has 0 rings (SSSR count). The summed E-state index contributed by atoms with van der Waals surface area (Å²) in [5, 5.41) is 0. The quantitative estimate of drug-likeness (QED) is 0.494. The molecule has 2 amide bonds. The molecule has 0 saturated carbocycles. The maximum absolute atomic E-state index is 11.9. The lowest BCUT2D eigenvalue weighted by Crippen LogP contribution is -2.40. The predicted octanol–water partition coefficient (Wildman–Crippen LogP) is 1.72. The first-order chi connectivity index (χ1) is 8.02. The molecule has 0 fully saturated rings. The van der Waals surface area contributed by atoms with Crippen molar-refractivity contribution in [1.82, 2.24) is 9.80 Å². The second kappa shape index (κ2) is 9.28. The molecule has 0 aromatic heterocycles. The van der Waals surface area contributed by atoms with Crippen LogP contribution in [0.5, 0.6) is 0 Å². The molecule has 0 saturated heterocycles. The molecule has 5 heteroatoms. The van der Waals surface area contributed by atoms with Gasteiger partial charge in [-0.25, -0.2) is 0 Å². The molecule has 4 nitrogen and oxygen atoms in total. The molecule has 0 heterocycles. The summed E-state index contributed by atoms with van der Waals surface area (Å²) < 4.78 is 0. The lowest BCUT2D eigenvalue weighted by atomic mass is 10.2. The Morgan fingerprint density at radius 2 is 1.76 bits per heavy atom. The maximum Gasteiger partial charge on any atom is 0.241 e. The van der Waals surface area contributed by atoms with Crippen molar-refractivity contribution in [2.75, 3.05) is 33.1 Å². The summed E-state index contributed by atoms with van der Waals surface area (Å²) in [5.74, 6) is 0.592. The van der Waals surface area contributed by atoms with E-state index in [2.05, 4.69) is 0 Å². The zero-order valence-corrected chi connectivity index (χ0v) is 11.8. The van der Waals surface area contributed by atoms with E-state index in [1.165, 1.54) is 4.90 Å². The van der Waals surface area contributed by atoms with Crippen LogP contribution in [-0.4, -0.2) is 54.7 Å². The highest BCUT2D eigenvalue weighted by Gasteiger charge is 2.16. The van der Waals surface area contributed by atoms with Crippen LogP contribution < -0.4 is 0 Å². The largest absolute Gasteiger partial charge is 0.347 e. The molecule has 0 aromatic rings. The van der Waals surface area contributed by atoms with Gasteiger partial charge in [0.1, 0.15) is 0 Å². The summed E-state index contributed by atoms with van der Waals surface area (Å²) >= 11 is 5.57. The molecular formula is C12H23ClN2O2. The van der Waals surface area contributed by atoms with Gasteiger partial charge in [-0.2, -0.15) is 0 Å². The number of likely N-dealkylation sites (N-methyl/N-ethyl adjacent to an activating group) is 1. The highest BCUT2D eigenvalue weighted by atomic mass is 35.5. The number of nitrogens with zero attached hydrogens (tertiary/aromatic N) is 2. The molecule has 0 aliphatic rings. The Balaban J connectivity index is 4.20. The fourth-order valence-electron chi connectivity index (χ4n) is 1.40. The second-order valence-corrected chi connectivity index (χ2v) is 4.63. The highest BCUT2D eigenvalue weighted by Crippen LogP contribution is 2.03. The zero-order valence-electron chi connectivity index (χ0n) is 11.0. The van der Waals surface area contributed by atoms with E-state index in [4.69, 9.17) is 11.6 Å². The fraction of sp³-hybridized carbons (Fsp3) is 0.833.